The average Bonchev–Trinajstić information content (AvgIpc) is 2.93. The summed E-state index contributed by atoms with van der Waals surface area (Å²) in [6.07, 6.45) is 5.54. The molecule has 2 aromatic rings. The van der Waals surface area contributed by atoms with Gasteiger partial charge in [-0.3, -0.25) is 14.8 Å². The lowest BCUT2D eigenvalue weighted by atomic mass is 9.93. The van der Waals surface area contributed by atoms with E-state index in [-0.39, 0.29) is 11.8 Å². The van der Waals surface area contributed by atoms with Crippen LogP contribution in [-0.4, -0.2) is 39.0 Å². The van der Waals surface area contributed by atoms with Crippen molar-refractivity contribution in [2.24, 2.45) is 5.92 Å². The smallest absolute Gasteiger partial charge is 0.225 e. The third-order valence-electron chi connectivity index (χ3n) is 4.68. The first kappa shape index (κ1) is 16.6. The number of hydrogen-bond donors (Lipinski definition) is 0. The van der Waals surface area contributed by atoms with Gasteiger partial charge in [-0.1, -0.05) is 19.0 Å². The minimum Gasteiger partial charge on any atom is -0.361 e. The first-order valence-corrected chi connectivity index (χ1v) is 8.51. The summed E-state index contributed by atoms with van der Waals surface area (Å²) in [6, 6.07) is 0. The van der Waals surface area contributed by atoms with Crippen molar-refractivity contribution in [3.63, 3.8) is 0 Å². The predicted octanol–water partition coefficient (Wildman–Crippen LogP) is 3.11. The molecule has 0 aromatic carbocycles. The topological polar surface area (TPSA) is 72.1 Å². The van der Waals surface area contributed by atoms with Crippen molar-refractivity contribution in [3.05, 3.63) is 29.5 Å². The second kappa shape index (κ2) is 6.71. The molecule has 3 rings (SSSR count). The second-order valence-corrected chi connectivity index (χ2v) is 6.78. The van der Waals surface area contributed by atoms with Gasteiger partial charge in [0.2, 0.25) is 5.91 Å². The van der Waals surface area contributed by atoms with E-state index in [0.717, 1.165) is 54.3 Å². The van der Waals surface area contributed by atoms with Crippen LogP contribution in [0.5, 0.6) is 0 Å². The standard InChI is InChI=1S/C18H24N4O2/c1-11(2)18(23)22-7-5-14(6-8-22)15-9-20-16(10-19-15)17-12(3)21-24-13(17)4/h9-11,14H,5-8H2,1-4H3. The zero-order valence-electron chi connectivity index (χ0n) is 14.7. The number of aromatic nitrogens is 3. The first-order chi connectivity index (χ1) is 11.5. The molecule has 24 heavy (non-hydrogen) atoms. The zero-order valence-corrected chi connectivity index (χ0v) is 14.7. The molecule has 6 nitrogen and oxygen atoms in total. The summed E-state index contributed by atoms with van der Waals surface area (Å²) in [6.45, 7) is 9.29. The number of carbonyl (C=O) groups excluding carboxylic acids is 1. The number of nitrogens with zero attached hydrogens (tertiary/aromatic N) is 4. The van der Waals surface area contributed by atoms with Crippen LogP contribution in [0.1, 0.15) is 49.8 Å². The fraction of sp³-hybridized carbons (Fsp3) is 0.556. The highest BCUT2D eigenvalue weighted by Gasteiger charge is 2.26. The summed E-state index contributed by atoms with van der Waals surface area (Å²) in [5.41, 5.74) is 3.55. The molecule has 3 heterocycles. The Balaban J connectivity index is 1.68. The molecule has 1 aliphatic rings. The van der Waals surface area contributed by atoms with Crippen molar-refractivity contribution in [2.75, 3.05) is 13.1 Å². The molecule has 1 fully saturated rings. The maximum absolute atomic E-state index is 12.1. The quantitative estimate of drug-likeness (QED) is 0.865. The van der Waals surface area contributed by atoms with Gasteiger partial charge < -0.3 is 9.42 Å². The monoisotopic (exact) mass is 328 g/mol. The van der Waals surface area contributed by atoms with Gasteiger partial charge in [0.1, 0.15) is 5.76 Å². The molecule has 0 saturated carbocycles. The number of amides is 1. The van der Waals surface area contributed by atoms with Crippen LogP contribution in [0.25, 0.3) is 11.3 Å². The van der Waals surface area contributed by atoms with Gasteiger partial charge in [-0.25, -0.2) is 0 Å². The van der Waals surface area contributed by atoms with Crippen LogP contribution in [-0.2, 0) is 4.79 Å². The van der Waals surface area contributed by atoms with E-state index in [1.54, 1.807) is 6.20 Å². The van der Waals surface area contributed by atoms with Crippen LogP contribution >= 0.6 is 0 Å². The fourth-order valence-corrected chi connectivity index (χ4v) is 3.29. The van der Waals surface area contributed by atoms with E-state index >= 15 is 0 Å². The van der Waals surface area contributed by atoms with E-state index in [9.17, 15) is 4.79 Å². The summed E-state index contributed by atoms with van der Waals surface area (Å²) in [5.74, 6) is 1.44. The Morgan fingerprint density at radius 3 is 2.42 bits per heavy atom. The summed E-state index contributed by atoms with van der Waals surface area (Å²) in [4.78, 5) is 23.2. The Morgan fingerprint density at radius 1 is 1.21 bits per heavy atom. The van der Waals surface area contributed by atoms with Crippen molar-refractivity contribution < 1.29 is 9.32 Å². The molecule has 0 bridgehead atoms. The lowest BCUT2D eigenvalue weighted by molar-refractivity contribution is -0.135. The Bertz CT molecular complexity index is 694. The first-order valence-electron chi connectivity index (χ1n) is 8.51. The van der Waals surface area contributed by atoms with Gasteiger partial charge >= 0.3 is 0 Å². The summed E-state index contributed by atoms with van der Waals surface area (Å²) in [5, 5.41) is 3.96. The summed E-state index contributed by atoms with van der Waals surface area (Å²) < 4.78 is 5.19. The Hall–Kier alpha value is -2.24. The Morgan fingerprint density at radius 2 is 1.92 bits per heavy atom. The molecule has 6 heteroatoms. The number of carbonyl (C=O) groups is 1. The normalized spacial score (nSPS) is 16.0. The number of piperidine rings is 1. The molecule has 1 amide bonds. The van der Waals surface area contributed by atoms with Crippen molar-refractivity contribution in [1.29, 1.82) is 0 Å². The second-order valence-electron chi connectivity index (χ2n) is 6.78. The van der Waals surface area contributed by atoms with E-state index < -0.39 is 0 Å². The van der Waals surface area contributed by atoms with Gasteiger partial charge in [-0.2, -0.15) is 0 Å². The van der Waals surface area contributed by atoms with Crippen LogP contribution in [0, 0.1) is 19.8 Å². The van der Waals surface area contributed by atoms with Crippen molar-refractivity contribution >= 4 is 5.91 Å². The average molecular weight is 328 g/mol. The predicted molar refractivity (Wildman–Crippen MR) is 90.4 cm³/mol. The molecule has 128 valence electrons. The lowest BCUT2D eigenvalue weighted by Crippen LogP contribution is -2.40. The SMILES string of the molecule is Cc1noc(C)c1-c1cnc(C2CCN(C(=O)C(C)C)CC2)cn1. The highest BCUT2D eigenvalue weighted by molar-refractivity contribution is 5.78. The Labute approximate surface area is 142 Å². The van der Waals surface area contributed by atoms with Gasteiger partial charge in [0.05, 0.1) is 28.8 Å². The third-order valence-corrected chi connectivity index (χ3v) is 4.68. The third kappa shape index (κ3) is 3.18. The van der Waals surface area contributed by atoms with Gasteiger partial charge in [0.25, 0.3) is 0 Å². The lowest BCUT2D eigenvalue weighted by Gasteiger charge is -2.32. The van der Waals surface area contributed by atoms with Gasteiger partial charge in [-0.05, 0) is 26.7 Å². The number of likely N-dealkylation sites (tertiary alicyclic amines) is 1. The van der Waals surface area contributed by atoms with E-state index in [0.29, 0.717) is 5.92 Å². The highest BCUT2D eigenvalue weighted by atomic mass is 16.5. The van der Waals surface area contributed by atoms with E-state index in [2.05, 4.69) is 15.1 Å². The molecule has 1 saturated heterocycles. The molecule has 0 spiro atoms. The van der Waals surface area contributed by atoms with Gasteiger partial charge in [0, 0.05) is 31.1 Å². The van der Waals surface area contributed by atoms with Gasteiger partial charge in [0.15, 0.2) is 0 Å². The molecule has 1 aliphatic heterocycles. The van der Waals surface area contributed by atoms with Crippen molar-refractivity contribution in [2.45, 2.75) is 46.5 Å². The van der Waals surface area contributed by atoms with Crippen LogP contribution in [0.3, 0.4) is 0 Å². The van der Waals surface area contributed by atoms with Gasteiger partial charge in [-0.15, -0.1) is 0 Å². The zero-order chi connectivity index (χ0) is 17.3. The minimum atomic E-state index is 0.0654. The number of hydrogen-bond acceptors (Lipinski definition) is 5. The molecule has 2 aromatic heterocycles. The maximum Gasteiger partial charge on any atom is 0.225 e. The number of rotatable bonds is 3. The van der Waals surface area contributed by atoms with Crippen LogP contribution < -0.4 is 0 Å². The summed E-state index contributed by atoms with van der Waals surface area (Å²) in [7, 11) is 0. The van der Waals surface area contributed by atoms with Crippen molar-refractivity contribution in [1.82, 2.24) is 20.0 Å². The number of aryl methyl sites for hydroxylation is 2. The molecular formula is C18H24N4O2. The van der Waals surface area contributed by atoms with E-state index in [1.165, 1.54) is 0 Å². The Kier molecular flexibility index (Phi) is 4.64. The van der Waals surface area contributed by atoms with Crippen molar-refractivity contribution in [3.8, 4) is 11.3 Å². The minimum absolute atomic E-state index is 0.0654. The van der Waals surface area contributed by atoms with E-state index in [4.69, 9.17) is 4.52 Å². The van der Waals surface area contributed by atoms with Crippen LogP contribution in [0.15, 0.2) is 16.9 Å². The fourth-order valence-electron chi connectivity index (χ4n) is 3.29. The largest absolute Gasteiger partial charge is 0.361 e. The molecular weight excluding hydrogens is 304 g/mol. The maximum atomic E-state index is 12.1. The molecule has 0 N–H and O–H groups in total. The summed E-state index contributed by atoms with van der Waals surface area (Å²) >= 11 is 0. The molecule has 0 aliphatic carbocycles. The van der Waals surface area contributed by atoms with E-state index in [1.807, 2.05) is 38.8 Å². The van der Waals surface area contributed by atoms with Crippen LogP contribution in [0.2, 0.25) is 0 Å². The highest BCUT2D eigenvalue weighted by Crippen LogP contribution is 2.29. The molecule has 0 unspecified atom stereocenters. The van der Waals surface area contributed by atoms with Crippen LogP contribution in [0.4, 0.5) is 0 Å². The molecule has 0 atom stereocenters. The molecule has 0 radical (unpaired) electrons.